The summed E-state index contributed by atoms with van der Waals surface area (Å²) in [5.74, 6) is 0.901. The minimum absolute atomic E-state index is 0.605. The van der Waals surface area contributed by atoms with Gasteiger partial charge in [-0.15, -0.1) is 0 Å². The van der Waals surface area contributed by atoms with E-state index in [1.54, 1.807) is 11.3 Å². The maximum absolute atomic E-state index is 5.78. The SMILES string of the molecule is c1ccc(COc2ccc(CNc3ccsc3)cc2)cc1. The van der Waals surface area contributed by atoms with Crippen LogP contribution in [0.25, 0.3) is 0 Å². The summed E-state index contributed by atoms with van der Waals surface area (Å²) in [6.07, 6.45) is 0. The molecule has 3 aromatic rings. The third kappa shape index (κ3) is 4.10. The molecule has 0 radical (unpaired) electrons. The van der Waals surface area contributed by atoms with E-state index < -0.39 is 0 Å². The van der Waals surface area contributed by atoms with E-state index in [1.165, 1.54) is 16.8 Å². The number of rotatable bonds is 6. The molecule has 3 rings (SSSR count). The fourth-order valence-electron chi connectivity index (χ4n) is 2.01. The van der Waals surface area contributed by atoms with Crippen LogP contribution in [-0.2, 0) is 13.2 Å². The highest BCUT2D eigenvalue weighted by atomic mass is 32.1. The largest absolute Gasteiger partial charge is 0.489 e. The van der Waals surface area contributed by atoms with Crippen molar-refractivity contribution >= 4 is 17.0 Å². The molecule has 0 aliphatic carbocycles. The minimum atomic E-state index is 0.605. The van der Waals surface area contributed by atoms with Gasteiger partial charge in [0.2, 0.25) is 0 Å². The van der Waals surface area contributed by atoms with Crippen LogP contribution in [0.5, 0.6) is 5.75 Å². The summed E-state index contributed by atoms with van der Waals surface area (Å²) in [4.78, 5) is 0. The first-order valence-corrected chi connectivity index (χ1v) is 7.86. The average Bonchev–Trinajstić information content (AvgIpc) is 3.06. The number of anilines is 1. The van der Waals surface area contributed by atoms with Crippen molar-refractivity contribution in [1.82, 2.24) is 0 Å². The number of hydrogen-bond acceptors (Lipinski definition) is 3. The lowest BCUT2D eigenvalue weighted by molar-refractivity contribution is 0.306. The van der Waals surface area contributed by atoms with E-state index in [2.05, 4.69) is 46.4 Å². The van der Waals surface area contributed by atoms with Crippen LogP contribution in [0, 0.1) is 0 Å². The predicted octanol–water partition coefficient (Wildman–Crippen LogP) is 4.94. The molecule has 0 amide bonds. The lowest BCUT2D eigenvalue weighted by atomic mass is 10.2. The van der Waals surface area contributed by atoms with E-state index in [1.807, 2.05) is 30.3 Å². The molecule has 2 aromatic carbocycles. The molecule has 1 aromatic heterocycles. The molecule has 0 atom stereocenters. The number of benzene rings is 2. The Morgan fingerprint density at radius 3 is 2.38 bits per heavy atom. The number of thiophene rings is 1. The van der Waals surface area contributed by atoms with Crippen LogP contribution in [0.2, 0.25) is 0 Å². The van der Waals surface area contributed by atoms with Crippen molar-refractivity contribution < 1.29 is 4.74 Å². The van der Waals surface area contributed by atoms with Crippen LogP contribution in [0.15, 0.2) is 71.4 Å². The molecule has 0 aliphatic rings. The summed E-state index contributed by atoms with van der Waals surface area (Å²) in [6.45, 7) is 1.43. The molecule has 1 heterocycles. The van der Waals surface area contributed by atoms with Gasteiger partial charge in [-0.3, -0.25) is 0 Å². The topological polar surface area (TPSA) is 21.3 Å². The van der Waals surface area contributed by atoms with E-state index >= 15 is 0 Å². The smallest absolute Gasteiger partial charge is 0.119 e. The minimum Gasteiger partial charge on any atom is -0.489 e. The lowest BCUT2D eigenvalue weighted by Crippen LogP contribution is -1.99. The molecule has 1 N–H and O–H groups in total. The Morgan fingerprint density at radius 1 is 0.857 bits per heavy atom. The maximum atomic E-state index is 5.78. The van der Waals surface area contributed by atoms with Crippen LogP contribution in [0.3, 0.4) is 0 Å². The Labute approximate surface area is 129 Å². The van der Waals surface area contributed by atoms with Gasteiger partial charge in [0.05, 0.1) is 0 Å². The molecular weight excluding hydrogens is 278 g/mol. The molecule has 2 nitrogen and oxygen atoms in total. The van der Waals surface area contributed by atoms with E-state index in [0.717, 1.165) is 12.3 Å². The fourth-order valence-corrected chi connectivity index (χ4v) is 2.63. The van der Waals surface area contributed by atoms with E-state index in [0.29, 0.717) is 6.61 Å². The Bertz CT molecular complexity index is 647. The summed E-state index contributed by atoms with van der Waals surface area (Å²) >= 11 is 1.70. The molecule has 3 heteroatoms. The first kappa shape index (κ1) is 13.7. The first-order valence-electron chi connectivity index (χ1n) is 6.92. The monoisotopic (exact) mass is 295 g/mol. The second kappa shape index (κ2) is 6.95. The third-order valence-corrected chi connectivity index (χ3v) is 3.87. The number of nitrogens with one attached hydrogen (secondary N) is 1. The van der Waals surface area contributed by atoms with E-state index in [4.69, 9.17) is 4.74 Å². The van der Waals surface area contributed by atoms with Gasteiger partial charge >= 0.3 is 0 Å². The van der Waals surface area contributed by atoms with E-state index in [9.17, 15) is 0 Å². The average molecular weight is 295 g/mol. The summed E-state index contributed by atoms with van der Waals surface area (Å²) in [6, 6.07) is 20.5. The predicted molar refractivity (Wildman–Crippen MR) is 88.9 cm³/mol. The number of hydrogen-bond donors (Lipinski definition) is 1. The van der Waals surface area contributed by atoms with Crippen molar-refractivity contribution in [3.63, 3.8) is 0 Å². The van der Waals surface area contributed by atoms with Gasteiger partial charge in [-0.2, -0.15) is 11.3 Å². The van der Waals surface area contributed by atoms with Gasteiger partial charge < -0.3 is 10.1 Å². The van der Waals surface area contributed by atoms with Crippen molar-refractivity contribution in [2.75, 3.05) is 5.32 Å². The summed E-state index contributed by atoms with van der Waals surface area (Å²) in [5, 5.41) is 7.57. The van der Waals surface area contributed by atoms with Crippen LogP contribution in [0.4, 0.5) is 5.69 Å². The van der Waals surface area contributed by atoms with Crippen molar-refractivity contribution in [3.05, 3.63) is 82.6 Å². The van der Waals surface area contributed by atoms with Gasteiger partial charge in [-0.1, -0.05) is 42.5 Å². The molecule has 106 valence electrons. The molecule has 0 fully saturated rings. The highest BCUT2D eigenvalue weighted by molar-refractivity contribution is 7.08. The zero-order valence-electron chi connectivity index (χ0n) is 11.7. The standard InChI is InChI=1S/C18H17NOS/c1-2-4-16(5-3-1)13-20-18-8-6-15(7-9-18)12-19-17-10-11-21-14-17/h1-11,14,19H,12-13H2. The summed E-state index contributed by atoms with van der Waals surface area (Å²) in [5.41, 5.74) is 3.60. The molecule has 21 heavy (non-hydrogen) atoms. The van der Waals surface area contributed by atoms with Gasteiger partial charge in [-0.25, -0.2) is 0 Å². The first-order chi connectivity index (χ1) is 10.4. The molecule has 0 aliphatic heterocycles. The third-order valence-electron chi connectivity index (χ3n) is 3.19. The van der Waals surface area contributed by atoms with Crippen molar-refractivity contribution in [3.8, 4) is 5.75 Å². The van der Waals surface area contributed by atoms with E-state index in [-0.39, 0.29) is 0 Å². The van der Waals surface area contributed by atoms with Crippen molar-refractivity contribution in [2.24, 2.45) is 0 Å². The Morgan fingerprint density at radius 2 is 1.67 bits per heavy atom. The summed E-state index contributed by atoms with van der Waals surface area (Å²) < 4.78 is 5.78. The molecule has 0 bridgehead atoms. The zero-order chi connectivity index (χ0) is 14.3. The zero-order valence-corrected chi connectivity index (χ0v) is 12.5. The summed E-state index contributed by atoms with van der Waals surface area (Å²) in [7, 11) is 0. The molecule has 0 unspecified atom stereocenters. The lowest BCUT2D eigenvalue weighted by Gasteiger charge is -2.08. The van der Waals surface area contributed by atoms with Gasteiger partial charge in [-0.05, 0) is 34.7 Å². The Kier molecular flexibility index (Phi) is 4.54. The fraction of sp³-hybridized carbons (Fsp3) is 0.111. The molecule has 0 spiro atoms. The highest BCUT2D eigenvalue weighted by Gasteiger charge is 1.98. The van der Waals surface area contributed by atoms with Gasteiger partial charge in [0.1, 0.15) is 12.4 Å². The van der Waals surface area contributed by atoms with Crippen LogP contribution in [0.1, 0.15) is 11.1 Å². The second-order valence-corrected chi connectivity index (χ2v) is 5.56. The molecule has 0 saturated carbocycles. The number of ether oxygens (including phenoxy) is 1. The van der Waals surface area contributed by atoms with Crippen LogP contribution < -0.4 is 10.1 Å². The second-order valence-electron chi connectivity index (χ2n) is 4.78. The Hall–Kier alpha value is -2.26. The van der Waals surface area contributed by atoms with Crippen LogP contribution >= 0.6 is 11.3 Å². The van der Waals surface area contributed by atoms with Gasteiger partial charge in [0.15, 0.2) is 0 Å². The van der Waals surface area contributed by atoms with Gasteiger partial charge in [0, 0.05) is 17.6 Å². The van der Waals surface area contributed by atoms with Crippen molar-refractivity contribution in [1.29, 1.82) is 0 Å². The highest BCUT2D eigenvalue weighted by Crippen LogP contribution is 2.16. The Balaban J connectivity index is 1.52. The molecule has 0 saturated heterocycles. The van der Waals surface area contributed by atoms with Gasteiger partial charge in [0.25, 0.3) is 0 Å². The normalized spacial score (nSPS) is 10.3. The molecular formula is C18H17NOS. The quantitative estimate of drug-likeness (QED) is 0.695. The van der Waals surface area contributed by atoms with Crippen LogP contribution in [-0.4, -0.2) is 0 Å². The maximum Gasteiger partial charge on any atom is 0.119 e. The van der Waals surface area contributed by atoms with Crippen molar-refractivity contribution in [2.45, 2.75) is 13.2 Å².